The molecule has 1 aromatic rings. The van der Waals surface area contributed by atoms with E-state index in [2.05, 4.69) is 25.4 Å². The lowest BCUT2D eigenvalue weighted by atomic mass is 10.1. The van der Waals surface area contributed by atoms with Gasteiger partial charge in [-0.15, -0.1) is 0 Å². The maximum atomic E-state index is 13.6. The van der Waals surface area contributed by atoms with Crippen molar-refractivity contribution in [3.05, 3.63) is 39.0 Å². The van der Waals surface area contributed by atoms with Crippen LogP contribution in [-0.2, 0) is 30.0 Å². The predicted molar refractivity (Wildman–Crippen MR) is 88.2 cm³/mol. The number of benzene rings is 1. The smallest absolute Gasteiger partial charge is 0.418 e. The number of anilines is 1. The number of nitrogens with zero attached hydrogens (tertiary/aromatic N) is 2. The molecule has 27 heavy (non-hydrogen) atoms. The standard InChI is InChI=1S/C16H12BrF3N2O5/c1-25-14(23)9-6-27-7-22(12(9)15(24)26-2)13-10(16(18,19)20)3-8(5-21)4-11(13)17/h3-4H,6-7H2,1-2H3. The van der Waals surface area contributed by atoms with Gasteiger partial charge in [0.25, 0.3) is 0 Å². The molecule has 0 fully saturated rings. The maximum Gasteiger partial charge on any atom is 0.418 e. The molecule has 1 aliphatic rings. The number of carbonyl (C=O) groups excluding carboxylic acids is 2. The predicted octanol–water partition coefficient (Wildman–Crippen LogP) is 2.73. The van der Waals surface area contributed by atoms with Crippen molar-refractivity contribution in [2.24, 2.45) is 0 Å². The van der Waals surface area contributed by atoms with Crippen molar-refractivity contribution in [1.82, 2.24) is 0 Å². The van der Waals surface area contributed by atoms with Gasteiger partial charge in [0.15, 0.2) is 0 Å². The van der Waals surface area contributed by atoms with E-state index in [4.69, 9.17) is 10.00 Å². The maximum absolute atomic E-state index is 13.6. The van der Waals surface area contributed by atoms with Gasteiger partial charge in [-0.3, -0.25) is 0 Å². The highest BCUT2D eigenvalue weighted by Crippen LogP contribution is 2.43. The summed E-state index contributed by atoms with van der Waals surface area (Å²) in [5.74, 6) is -1.98. The van der Waals surface area contributed by atoms with Crippen LogP contribution >= 0.6 is 15.9 Å². The lowest BCUT2D eigenvalue weighted by Gasteiger charge is -2.33. The van der Waals surface area contributed by atoms with E-state index in [1.807, 2.05) is 0 Å². The molecule has 0 bridgehead atoms. The molecule has 0 spiro atoms. The van der Waals surface area contributed by atoms with Crippen molar-refractivity contribution in [3.8, 4) is 6.07 Å². The fourth-order valence-corrected chi connectivity index (χ4v) is 3.15. The average Bonchev–Trinajstić information content (AvgIpc) is 2.64. The van der Waals surface area contributed by atoms with E-state index in [9.17, 15) is 22.8 Å². The number of nitriles is 1. The Balaban J connectivity index is 2.81. The summed E-state index contributed by atoms with van der Waals surface area (Å²) in [6.45, 7) is -0.804. The molecular weight excluding hydrogens is 437 g/mol. The highest BCUT2D eigenvalue weighted by Gasteiger charge is 2.41. The number of halogens is 4. The van der Waals surface area contributed by atoms with Gasteiger partial charge >= 0.3 is 18.1 Å². The van der Waals surface area contributed by atoms with Gasteiger partial charge in [-0.2, -0.15) is 18.4 Å². The second-order valence-corrected chi connectivity index (χ2v) is 6.03. The van der Waals surface area contributed by atoms with Crippen LogP contribution in [0, 0.1) is 11.3 Å². The minimum absolute atomic E-state index is 0.120. The van der Waals surface area contributed by atoms with E-state index < -0.39 is 41.8 Å². The van der Waals surface area contributed by atoms with Crippen LogP contribution in [0.15, 0.2) is 27.9 Å². The Bertz CT molecular complexity index is 861. The van der Waals surface area contributed by atoms with Crippen LogP contribution in [0.25, 0.3) is 0 Å². The molecule has 0 aliphatic carbocycles. The Hall–Kier alpha value is -2.58. The van der Waals surface area contributed by atoms with Crippen molar-refractivity contribution in [3.63, 3.8) is 0 Å². The summed E-state index contributed by atoms with van der Waals surface area (Å²) in [7, 11) is 2.08. The van der Waals surface area contributed by atoms with E-state index in [0.29, 0.717) is 6.07 Å². The summed E-state index contributed by atoms with van der Waals surface area (Å²) < 4.78 is 55.1. The van der Waals surface area contributed by atoms with Crippen molar-refractivity contribution >= 4 is 33.6 Å². The molecule has 0 N–H and O–H groups in total. The van der Waals surface area contributed by atoms with Crippen LogP contribution in [-0.4, -0.2) is 39.5 Å². The first-order valence-electron chi connectivity index (χ1n) is 7.21. The normalized spacial score (nSPS) is 14.6. The molecular formula is C16H12BrF3N2O5. The fraction of sp³-hybridized carbons (Fsp3) is 0.312. The average molecular weight is 449 g/mol. The second-order valence-electron chi connectivity index (χ2n) is 5.18. The third-order valence-corrected chi connectivity index (χ3v) is 4.21. The van der Waals surface area contributed by atoms with Gasteiger partial charge in [-0.1, -0.05) is 0 Å². The Morgan fingerprint density at radius 3 is 2.41 bits per heavy atom. The molecule has 0 atom stereocenters. The SMILES string of the molecule is COC(=O)C1=C(C(=O)OC)N(c2c(Br)cc(C#N)cc2C(F)(F)F)COC1. The summed E-state index contributed by atoms with van der Waals surface area (Å²) >= 11 is 3.00. The van der Waals surface area contributed by atoms with Gasteiger partial charge in [0.1, 0.15) is 12.4 Å². The molecule has 0 radical (unpaired) electrons. The third kappa shape index (κ3) is 4.06. The van der Waals surface area contributed by atoms with Crippen LogP contribution in [0.3, 0.4) is 0 Å². The Morgan fingerprint density at radius 1 is 1.26 bits per heavy atom. The summed E-state index contributed by atoms with van der Waals surface area (Å²) in [5, 5.41) is 8.96. The summed E-state index contributed by atoms with van der Waals surface area (Å²) in [5.41, 5.74) is -2.66. The topological polar surface area (TPSA) is 88.9 Å². The monoisotopic (exact) mass is 448 g/mol. The van der Waals surface area contributed by atoms with Crippen molar-refractivity contribution in [2.75, 3.05) is 32.5 Å². The van der Waals surface area contributed by atoms with Crippen LogP contribution < -0.4 is 4.90 Å². The van der Waals surface area contributed by atoms with Gasteiger partial charge in [0.05, 0.1) is 49.3 Å². The number of carbonyl (C=O) groups is 2. The summed E-state index contributed by atoms with van der Waals surface area (Å²) in [6, 6.07) is 3.43. The molecule has 0 saturated carbocycles. The fourth-order valence-electron chi connectivity index (χ4n) is 2.47. The third-order valence-electron chi connectivity index (χ3n) is 3.60. The number of esters is 2. The molecule has 0 amide bonds. The molecule has 1 aliphatic heterocycles. The molecule has 0 saturated heterocycles. The van der Waals surface area contributed by atoms with E-state index in [1.54, 1.807) is 6.07 Å². The summed E-state index contributed by atoms with van der Waals surface area (Å²) in [4.78, 5) is 25.1. The number of hydrogen-bond donors (Lipinski definition) is 0. The molecule has 0 unspecified atom stereocenters. The lowest BCUT2D eigenvalue weighted by molar-refractivity contribution is -0.141. The van der Waals surface area contributed by atoms with Crippen LogP contribution in [0.2, 0.25) is 0 Å². The van der Waals surface area contributed by atoms with E-state index >= 15 is 0 Å². The minimum Gasteiger partial charge on any atom is -0.466 e. The van der Waals surface area contributed by atoms with Crippen LogP contribution in [0.1, 0.15) is 11.1 Å². The molecule has 7 nitrogen and oxygen atoms in total. The zero-order chi connectivity index (χ0) is 20.4. The van der Waals surface area contributed by atoms with Crippen molar-refractivity contribution in [1.29, 1.82) is 5.26 Å². The largest absolute Gasteiger partial charge is 0.466 e. The molecule has 1 heterocycles. The highest BCUT2D eigenvalue weighted by atomic mass is 79.9. The zero-order valence-corrected chi connectivity index (χ0v) is 15.6. The summed E-state index contributed by atoms with van der Waals surface area (Å²) in [6.07, 6.45) is -4.85. The molecule has 2 rings (SSSR count). The first kappa shape index (κ1) is 20.7. The quantitative estimate of drug-likeness (QED) is 0.656. The molecule has 11 heteroatoms. The second kappa shape index (κ2) is 7.98. The lowest BCUT2D eigenvalue weighted by Crippen LogP contribution is -2.40. The molecule has 144 valence electrons. The van der Waals surface area contributed by atoms with Gasteiger partial charge < -0.3 is 19.1 Å². The number of hydrogen-bond acceptors (Lipinski definition) is 7. The Morgan fingerprint density at radius 2 is 1.89 bits per heavy atom. The van der Waals surface area contributed by atoms with E-state index in [1.165, 1.54) is 0 Å². The van der Waals surface area contributed by atoms with E-state index in [0.717, 1.165) is 25.2 Å². The number of ether oxygens (including phenoxy) is 3. The molecule has 1 aromatic carbocycles. The number of alkyl halides is 3. The van der Waals surface area contributed by atoms with Gasteiger partial charge in [0.2, 0.25) is 0 Å². The number of methoxy groups -OCH3 is 2. The van der Waals surface area contributed by atoms with Crippen LogP contribution in [0.5, 0.6) is 0 Å². The first-order chi connectivity index (χ1) is 12.6. The van der Waals surface area contributed by atoms with Gasteiger partial charge in [0, 0.05) is 4.47 Å². The number of rotatable bonds is 3. The first-order valence-corrected chi connectivity index (χ1v) is 8.00. The Kier molecular flexibility index (Phi) is 6.12. The van der Waals surface area contributed by atoms with Crippen molar-refractivity contribution in [2.45, 2.75) is 6.18 Å². The van der Waals surface area contributed by atoms with Gasteiger partial charge in [-0.25, -0.2) is 9.59 Å². The highest BCUT2D eigenvalue weighted by molar-refractivity contribution is 9.10. The van der Waals surface area contributed by atoms with Gasteiger partial charge in [-0.05, 0) is 28.1 Å². The zero-order valence-electron chi connectivity index (χ0n) is 14.0. The van der Waals surface area contributed by atoms with Crippen LogP contribution in [0.4, 0.5) is 18.9 Å². The van der Waals surface area contributed by atoms with Crippen molar-refractivity contribution < 1.29 is 37.0 Å². The van der Waals surface area contributed by atoms with E-state index in [-0.39, 0.29) is 22.2 Å². The Labute approximate surface area is 160 Å². The minimum atomic E-state index is -4.85. The molecule has 0 aromatic heterocycles.